The quantitative estimate of drug-likeness (QED) is 0.722. The topological polar surface area (TPSA) is 106 Å². The molecule has 144 valence electrons. The highest BCUT2D eigenvalue weighted by Crippen LogP contribution is 2.29. The van der Waals surface area contributed by atoms with Crippen LogP contribution in [0.1, 0.15) is 44.2 Å². The maximum absolute atomic E-state index is 12.2. The Morgan fingerprint density at radius 2 is 2.04 bits per heavy atom. The minimum atomic E-state index is -1.07. The maximum Gasteiger partial charge on any atom is 0.339 e. The Kier molecular flexibility index (Phi) is 5.48. The molecule has 1 amide bonds. The number of ether oxygens (including phenoxy) is 1. The fourth-order valence-electron chi connectivity index (χ4n) is 3.43. The zero-order valence-electron chi connectivity index (χ0n) is 15.4. The van der Waals surface area contributed by atoms with Gasteiger partial charge in [-0.05, 0) is 50.3 Å². The Balaban J connectivity index is 1.76. The summed E-state index contributed by atoms with van der Waals surface area (Å²) in [6.07, 6.45) is 2.63. The molecular weight excluding hydrogens is 350 g/mol. The van der Waals surface area contributed by atoms with E-state index in [4.69, 9.17) is 14.3 Å². The van der Waals surface area contributed by atoms with Crippen molar-refractivity contribution < 1.29 is 23.8 Å². The van der Waals surface area contributed by atoms with Crippen molar-refractivity contribution in [2.45, 2.75) is 58.1 Å². The molecule has 1 aliphatic rings. The minimum Gasteiger partial charge on any atom is -0.481 e. The minimum absolute atomic E-state index is 0.318. The van der Waals surface area contributed by atoms with E-state index in [1.165, 1.54) is 0 Å². The molecule has 2 aromatic rings. The molecule has 0 saturated heterocycles. The number of carboxylic acids is 1. The second-order valence-corrected chi connectivity index (χ2v) is 6.81. The van der Waals surface area contributed by atoms with Gasteiger partial charge in [-0.2, -0.15) is 0 Å². The number of carboxylic acid groups (broad SMARTS) is 1. The molecule has 7 nitrogen and oxygen atoms in total. The monoisotopic (exact) mass is 373 g/mol. The first-order valence-electron chi connectivity index (χ1n) is 9.19. The summed E-state index contributed by atoms with van der Waals surface area (Å²) in [5, 5.41) is 12.5. The van der Waals surface area contributed by atoms with Gasteiger partial charge in [0.1, 0.15) is 17.4 Å². The summed E-state index contributed by atoms with van der Waals surface area (Å²) >= 11 is 0. The molecular formula is C20H23NO6. The van der Waals surface area contributed by atoms with E-state index in [0.29, 0.717) is 24.2 Å². The first-order chi connectivity index (χ1) is 12.9. The van der Waals surface area contributed by atoms with Crippen molar-refractivity contribution >= 4 is 22.8 Å². The van der Waals surface area contributed by atoms with E-state index in [1.807, 2.05) is 13.0 Å². The Hall–Kier alpha value is -2.83. The van der Waals surface area contributed by atoms with Crippen molar-refractivity contribution in [3.05, 3.63) is 39.7 Å². The molecule has 0 aliphatic heterocycles. The summed E-state index contributed by atoms with van der Waals surface area (Å²) < 4.78 is 11.0. The summed E-state index contributed by atoms with van der Waals surface area (Å²) in [6, 6.07) is 4.22. The van der Waals surface area contributed by atoms with Gasteiger partial charge in [0.15, 0.2) is 6.10 Å². The van der Waals surface area contributed by atoms with E-state index >= 15 is 0 Å². The van der Waals surface area contributed by atoms with Gasteiger partial charge < -0.3 is 19.6 Å². The van der Waals surface area contributed by atoms with Crippen molar-refractivity contribution in [2.75, 3.05) is 0 Å². The molecule has 1 heterocycles. The van der Waals surface area contributed by atoms with Gasteiger partial charge in [0, 0.05) is 17.0 Å². The van der Waals surface area contributed by atoms with E-state index in [2.05, 4.69) is 5.32 Å². The number of benzene rings is 1. The van der Waals surface area contributed by atoms with Gasteiger partial charge in [-0.1, -0.05) is 13.3 Å². The van der Waals surface area contributed by atoms with Gasteiger partial charge in [0.2, 0.25) is 0 Å². The molecule has 2 N–H and O–H groups in total. The Morgan fingerprint density at radius 3 is 2.74 bits per heavy atom. The Morgan fingerprint density at radius 1 is 1.30 bits per heavy atom. The van der Waals surface area contributed by atoms with Crippen LogP contribution in [-0.4, -0.2) is 29.1 Å². The van der Waals surface area contributed by atoms with Crippen LogP contribution in [0, 0.1) is 0 Å². The lowest BCUT2D eigenvalue weighted by atomic mass is 10.1. The molecule has 7 heteroatoms. The number of rotatable bonds is 7. The largest absolute Gasteiger partial charge is 0.481 e. The second kappa shape index (κ2) is 7.82. The van der Waals surface area contributed by atoms with Crippen LogP contribution >= 0.6 is 0 Å². The van der Waals surface area contributed by atoms with Crippen molar-refractivity contribution in [1.82, 2.24) is 5.32 Å². The van der Waals surface area contributed by atoms with Gasteiger partial charge >= 0.3 is 11.6 Å². The normalized spacial score (nSPS) is 15.2. The van der Waals surface area contributed by atoms with Crippen LogP contribution in [0.15, 0.2) is 27.4 Å². The lowest BCUT2D eigenvalue weighted by Crippen LogP contribution is -2.46. The summed E-state index contributed by atoms with van der Waals surface area (Å²) in [6.45, 7) is 3.39. The number of nitrogens with one attached hydrogen (secondary N) is 1. The molecule has 27 heavy (non-hydrogen) atoms. The molecule has 1 aromatic heterocycles. The Bertz CT molecular complexity index is 932. The van der Waals surface area contributed by atoms with Crippen LogP contribution in [-0.2, 0) is 22.4 Å². The van der Waals surface area contributed by atoms with Gasteiger partial charge in [-0.25, -0.2) is 9.59 Å². The molecule has 2 atom stereocenters. The standard InChI is InChI=1S/C20H23NO6/c1-3-5-16(19(23)24)21-18(22)11(2)26-12-8-9-14-13-6-4-7-15(13)20(25)27-17(14)10-12/h8-11,16H,3-7H2,1-2H3,(H,21,22)(H,23,24)/t11-,16+/m1/s1. The fraction of sp³-hybridized carbons (Fsp3) is 0.450. The number of carbonyl (C=O) groups is 2. The predicted molar refractivity (Wildman–Crippen MR) is 99.1 cm³/mol. The van der Waals surface area contributed by atoms with E-state index < -0.39 is 24.0 Å². The molecule has 0 unspecified atom stereocenters. The van der Waals surface area contributed by atoms with Crippen LogP contribution in [0.2, 0.25) is 0 Å². The number of hydrogen-bond acceptors (Lipinski definition) is 5. The molecule has 1 aliphatic carbocycles. The van der Waals surface area contributed by atoms with Gasteiger partial charge in [0.25, 0.3) is 5.91 Å². The molecule has 3 rings (SSSR count). The highest BCUT2D eigenvalue weighted by atomic mass is 16.5. The first kappa shape index (κ1) is 18.9. The lowest BCUT2D eigenvalue weighted by molar-refractivity contribution is -0.143. The third kappa shape index (κ3) is 3.97. The van der Waals surface area contributed by atoms with Crippen LogP contribution in [0.25, 0.3) is 11.0 Å². The van der Waals surface area contributed by atoms with E-state index in [-0.39, 0.29) is 5.63 Å². The average Bonchev–Trinajstić information content (AvgIpc) is 3.11. The summed E-state index contributed by atoms with van der Waals surface area (Å²) in [5.41, 5.74) is 1.89. The first-order valence-corrected chi connectivity index (χ1v) is 9.19. The van der Waals surface area contributed by atoms with E-state index in [1.54, 1.807) is 19.1 Å². The van der Waals surface area contributed by atoms with Crippen molar-refractivity contribution in [1.29, 1.82) is 0 Å². The van der Waals surface area contributed by atoms with Gasteiger partial charge in [0.05, 0.1) is 0 Å². The van der Waals surface area contributed by atoms with E-state index in [9.17, 15) is 14.4 Å². The number of carbonyl (C=O) groups excluding carboxylic acids is 1. The lowest BCUT2D eigenvalue weighted by Gasteiger charge is -2.18. The third-order valence-electron chi connectivity index (χ3n) is 4.82. The number of amides is 1. The molecule has 1 aromatic carbocycles. The van der Waals surface area contributed by atoms with E-state index in [0.717, 1.165) is 35.8 Å². The van der Waals surface area contributed by atoms with Crippen molar-refractivity contribution in [3.63, 3.8) is 0 Å². The van der Waals surface area contributed by atoms with Crippen LogP contribution in [0.5, 0.6) is 5.75 Å². The zero-order chi connectivity index (χ0) is 19.6. The van der Waals surface area contributed by atoms with Gasteiger partial charge in [-0.15, -0.1) is 0 Å². The van der Waals surface area contributed by atoms with Crippen LogP contribution in [0.3, 0.4) is 0 Å². The highest BCUT2D eigenvalue weighted by molar-refractivity contribution is 5.86. The number of hydrogen-bond donors (Lipinski definition) is 2. The molecule has 0 spiro atoms. The molecule has 0 fully saturated rings. The maximum atomic E-state index is 12.2. The third-order valence-corrected chi connectivity index (χ3v) is 4.82. The fourth-order valence-corrected chi connectivity index (χ4v) is 3.43. The molecule has 0 saturated carbocycles. The number of fused-ring (bicyclic) bond motifs is 3. The predicted octanol–water partition coefficient (Wildman–Crippen LogP) is 2.42. The summed E-state index contributed by atoms with van der Waals surface area (Å²) in [4.78, 5) is 35.5. The van der Waals surface area contributed by atoms with Crippen LogP contribution in [0.4, 0.5) is 0 Å². The van der Waals surface area contributed by atoms with Crippen molar-refractivity contribution in [2.24, 2.45) is 0 Å². The SMILES string of the molecule is CCC[C@H](NC(=O)[C@@H](C)Oc1ccc2c3c(c(=O)oc2c1)CCC3)C(=O)O. The van der Waals surface area contributed by atoms with Crippen LogP contribution < -0.4 is 15.7 Å². The summed E-state index contributed by atoms with van der Waals surface area (Å²) in [7, 11) is 0. The molecule has 0 bridgehead atoms. The average molecular weight is 373 g/mol. The smallest absolute Gasteiger partial charge is 0.339 e. The van der Waals surface area contributed by atoms with Gasteiger partial charge in [-0.3, -0.25) is 4.79 Å². The number of aryl methyl sites for hydroxylation is 1. The Labute approximate surface area is 156 Å². The number of aliphatic carboxylic acids is 1. The second-order valence-electron chi connectivity index (χ2n) is 6.81. The zero-order valence-corrected chi connectivity index (χ0v) is 15.4. The molecule has 0 radical (unpaired) electrons. The van der Waals surface area contributed by atoms with Crippen molar-refractivity contribution in [3.8, 4) is 5.75 Å². The summed E-state index contributed by atoms with van der Waals surface area (Å²) in [5.74, 6) is -1.20. The highest BCUT2D eigenvalue weighted by Gasteiger charge is 2.24.